The second-order valence-electron chi connectivity index (χ2n) is 7.23. The van der Waals surface area contributed by atoms with E-state index >= 15 is 0 Å². The molecule has 0 atom stereocenters. The van der Waals surface area contributed by atoms with Gasteiger partial charge in [0.05, 0.1) is 10.5 Å². The van der Waals surface area contributed by atoms with Crippen molar-refractivity contribution in [1.29, 1.82) is 0 Å². The maximum atomic E-state index is 13.3. The highest BCUT2D eigenvalue weighted by Crippen LogP contribution is 2.24. The van der Waals surface area contributed by atoms with Crippen LogP contribution in [0.1, 0.15) is 19.4 Å². The van der Waals surface area contributed by atoms with E-state index in [-0.39, 0.29) is 11.6 Å². The Labute approximate surface area is 153 Å². The molecule has 26 heavy (non-hydrogen) atoms. The van der Waals surface area contributed by atoms with Gasteiger partial charge in [-0.2, -0.15) is 0 Å². The van der Waals surface area contributed by atoms with Gasteiger partial charge in [-0.15, -0.1) is 0 Å². The number of aromatic amines is 1. The lowest BCUT2D eigenvalue weighted by Crippen LogP contribution is -2.57. The predicted octanol–water partition coefficient (Wildman–Crippen LogP) is 1.93. The number of sulfone groups is 1. The minimum absolute atomic E-state index is 0.134. The fourth-order valence-corrected chi connectivity index (χ4v) is 4.70. The summed E-state index contributed by atoms with van der Waals surface area (Å²) in [6.07, 6.45) is 2.64. The Balaban J connectivity index is 1.63. The molecule has 3 rings (SSSR count). The van der Waals surface area contributed by atoms with Gasteiger partial charge in [0, 0.05) is 43.8 Å². The summed E-state index contributed by atoms with van der Waals surface area (Å²) in [5, 5.41) is 4.32. The van der Waals surface area contributed by atoms with Crippen molar-refractivity contribution in [2.45, 2.75) is 25.0 Å². The molecule has 0 amide bonds. The number of nitrogens with one attached hydrogen (secondary N) is 2. The van der Waals surface area contributed by atoms with E-state index in [1.54, 1.807) is 27.0 Å². The third-order valence-electron chi connectivity index (χ3n) is 4.96. The summed E-state index contributed by atoms with van der Waals surface area (Å²) in [6.45, 7) is 5.03. The van der Waals surface area contributed by atoms with Crippen LogP contribution in [0.15, 0.2) is 29.4 Å². The zero-order valence-electron chi connectivity index (χ0n) is 15.3. The summed E-state index contributed by atoms with van der Waals surface area (Å²) in [5.41, 5.74) is 1.89. The topological polar surface area (TPSA) is 77.6 Å². The van der Waals surface area contributed by atoms with Gasteiger partial charge in [-0.25, -0.2) is 12.8 Å². The molecule has 1 saturated heterocycles. The normalized spacial score (nSPS) is 19.7. The van der Waals surface area contributed by atoms with E-state index in [2.05, 4.69) is 15.3 Å². The molecule has 0 unspecified atom stereocenters. The lowest BCUT2D eigenvalue weighted by Gasteiger charge is -2.39. The first-order valence-electron chi connectivity index (χ1n) is 8.67. The number of aliphatic imine (C=N–C) groups is 1. The van der Waals surface area contributed by atoms with Crippen LogP contribution < -0.4 is 5.32 Å². The molecule has 6 nitrogen and oxygen atoms in total. The van der Waals surface area contributed by atoms with Gasteiger partial charge >= 0.3 is 0 Å². The van der Waals surface area contributed by atoms with Gasteiger partial charge in [0.2, 0.25) is 0 Å². The SMILES string of the molecule is CN=C(NCCc1c[nH]c2cc(F)ccc12)N1CCS(=O)(=O)C(C)(C)C1. The number of H-pyrrole nitrogens is 1. The van der Waals surface area contributed by atoms with Crippen molar-refractivity contribution < 1.29 is 12.8 Å². The van der Waals surface area contributed by atoms with Crippen LogP contribution in [0.25, 0.3) is 10.9 Å². The second-order valence-corrected chi connectivity index (χ2v) is 9.97. The first-order chi connectivity index (χ1) is 12.2. The average Bonchev–Trinajstić information content (AvgIpc) is 2.96. The van der Waals surface area contributed by atoms with E-state index in [4.69, 9.17) is 0 Å². The lowest BCUT2D eigenvalue weighted by molar-refractivity contribution is 0.353. The number of guanidine groups is 1. The maximum absolute atomic E-state index is 13.3. The van der Waals surface area contributed by atoms with Crippen molar-refractivity contribution in [3.63, 3.8) is 0 Å². The largest absolute Gasteiger partial charge is 0.361 e. The Kier molecular flexibility index (Phi) is 4.96. The molecule has 1 aromatic heterocycles. The van der Waals surface area contributed by atoms with Crippen LogP contribution in [0, 0.1) is 5.82 Å². The third-order valence-corrected chi connectivity index (χ3v) is 7.49. The number of rotatable bonds is 3. The molecule has 1 aliphatic heterocycles. The highest BCUT2D eigenvalue weighted by molar-refractivity contribution is 7.92. The first-order valence-corrected chi connectivity index (χ1v) is 10.3. The smallest absolute Gasteiger partial charge is 0.193 e. The van der Waals surface area contributed by atoms with Crippen molar-refractivity contribution in [3.8, 4) is 0 Å². The summed E-state index contributed by atoms with van der Waals surface area (Å²) < 4.78 is 36.8. The average molecular weight is 380 g/mol. The van der Waals surface area contributed by atoms with Crippen LogP contribution >= 0.6 is 0 Å². The molecule has 0 aliphatic carbocycles. The number of hydrogen-bond acceptors (Lipinski definition) is 3. The first kappa shape index (κ1) is 18.7. The molecule has 0 saturated carbocycles. The van der Waals surface area contributed by atoms with Crippen LogP contribution in [0.4, 0.5) is 4.39 Å². The lowest BCUT2D eigenvalue weighted by atomic mass is 10.1. The van der Waals surface area contributed by atoms with Gasteiger partial charge in [0.25, 0.3) is 0 Å². The van der Waals surface area contributed by atoms with Gasteiger partial charge < -0.3 is 15.2 Å². The molecule has 0 spiro atoms. The Bertz CT molecular complexity index is 934. The molecular weight excluding hydrogens is 355 g/mol. The van der Waals surface area contributed by atoms with Gasteiger partial charge in [0.15, 0.2) is 15.8 Å². The molecule has 1 aliphatic rings. The highest BCUT2D eigenvalue weighted by atomic mass is 32.2. The van der Waals surface area contributed by atoms with Crippen LogP contribution in [-0.2, 0) is 16.3 Å². The fraction of sp³-hybridized carbons (Fsp3) is 0.500. The van der Waals surface area contributed by atoms with Crippen molar-refractivity contribution in [1.82, 2.24) is 15.2 Å². The van der Waals surface area contributed by atoms with Crippen molar-refractivity contribution >= 4 is 26.7 Å². The monoisotopic (exact) mass is 380 g/mol. The molecular formula is C18H25FN4O2S. The van der Waals surface area contributed by atoms with E-state index in [0.29, 0.717) is 25.6 Å². The summed E-state index contributed by atoms with van der Waals surface area (Å²) in [7, 11) is -1.38. The van der Waals surface area contributed by atoms with Crippen molar-refractivity contribution in [3.05, 3.63) is 35.8 Å². The van der Waals surface area contributed by atoms with Crippen molar-refractivity contribution in [2.24, 2.45) is 4.99 Å². The molecule has 142 valence electrons. The molecule has 1 aromatic carbocycles. The number of fused-ring (bicyclic) bond motifs is 1. The number of aromatic nitrogens is 1. The van der Waals surface area contributed by atoms with Gasteiger partial charge in [-0.05, 0) is 44.0 Å². The molecule has 2 N–H and O–H groups in total. The van der Waals surface area contributed by atoms with E-state index in [9.17, 15) is 12.8 Å². The summed E-state index contributed by atoms with van der Waals surface area (Å²) >= 11 is 0. The van der Waals surface area contributed by atoms with Crippen LogP contribution in [0.3, 0.4) is 0 Å². The summed E-state index contributed by atoms with van der Waals surface area (Å²) in [4.78, 5) is 9.38. The number of nitrogens with zero attached hydrogens (tertiary/aromatic N) is 2. The molecule has 0 bridgehead atoms. The van der Waals surface area contributed by atoms with E-state index in [1.165, 1.54) is 12.1 Å². The summed E-state index contributed by atoms with van der Waals surface area (Å²) in [5.74, 6) is 0.584. The van der Waals surface area contributed by atoms with E-state index < -0.39 is 14.6 Å². The van der Waals surface area contributed by atoms with Crippen LogP contribution in [-0.4, -0.2) is 61.4 Å². The third kappa shape index (κ3) is 3.56. The predicted molar refractivity (Wildman–Crippen MR) is 103 cm³/mol. The van der Waals surface area contributed by atoms with Crippen LogP contribution in [0.2, 0.25) is 0 Å². The van der Waals surface area contributed by atoms with Crippen molar-refractivity contribution in [2.75, 3.05) is 32.4 Å². The second kappa shape index (κ2) is 6.90. The number of benzene rings is 1. The standard InChI is InChI=1S/C18H25FN4O2S/c1-18(2)12-23(8-9-26(18,24)25)17(20-3)21-7-6-13-11-22-16-10-14(19)4-5-15(13)16/h4-5,10-11,22H,6-9,12H2,1-3H3,(H,20,21). The molecule has 1 fully saturated rings. The molecule has 8 heteroatoms. The van der Waals surface area contributed by atoms with Gasteiger partial charge in [0.1, 0.15) is 5.82 Å². The number of hydrogen-bond donors (Lipinski definition) is 2. The van der Waals surface area contributed by atoms with Gasteiger partial charge in [-0.1, -0.05) is 0 Å². The quantitative estimate of drug-likeness (QED) is 0.630. The van der Waals surface area contributed by atoms with E-state index in [1.807, 2.05) is 11.1 Å². The Morgan fingerprint density at radius 3 is 2.88 bits per heavy atom. The maximum Gasteiger partial charge on any atom is 0.193 e. The summed E-state index contributed by atoms with van der Waals surface area (Å²) in [6, 6.07) is 4.73. The molecule has 2 heterocycles. The molecule has 2 aromatic rings. The minimum Gasteiger partial charge on any atom is -0.361 e. The Morgan fingerprint density at radius 1 is 1.42 bits per heavy atom. The Morgan fingerprint density at radius 2 is 2.19 bits per heavy atom. The van der Waals surface area contributed by atoms with E-state index in [0.717, 1.165) is 22.9 Å². The number of halogens is 1. The fourth-order valence-electron chi connectivity index (χ4n) is 3.33. The van der Waals surface area contributed by atoms with Crippen LogP contribution in [0.5, 0.6) is 0 Å². The molecule has 0 radical (unpaired) electrons. The zero-order chi connectivity index (χ0) is 18.9. The zero-order valence-corrected chi connectivity index (χ0v) is 16.2. The minimum atomic E-state index is -3.08. The highest BCUT2D eigenvalue weighted by Gasteiger charge is 2.40. The van der Waals surface area contributed by atoms with Gasteiger partial charge in [-0.3, -0.25) is 4.99 Å². The Hall–Kier alpha value is -2.09.